The normalized spacial score (nSPS) is 21.6. The lowest BCUT2D eigenvalue weighted by Crippen LogP contribution is -2.30. The van der Waals surface area contributed by atoms with Gasteiger partial charge in [-0.25, -0.2) is 0 Å². The van der Waals surface area contributed by atoms with Crippen molar-refractivity contribution in [1.82, 2.24) is 0 Å². The highest BCUT2D eigenvalue weighted by Crippen LogP contribution is 2.31. The van der Waals surface area contributed by atoms with Gasteiger partial charge in [0.2, 0.25) is 0 Å². The van der Waals surface area contributed by atoms with E-state index in [1.165, 1.54) is 19.2 Å². The molecule has 114 valence electrons. The number of anilines is 1. The number of ether oxygens (including phenoxy) is 1. The maximum atomic E-state index is 11.5. The summed E-state index contributed by atoms with van der Waals surface area (Å²) in [5.41, 5.74) is 0.656. The van der Waals surface area contributed by atoms with Crippen LogP contribution in [0, 0.1) is 16.0 Å². The number of methoxy groups -OCH3 is 1. The van der Waals surface area contributed by atoms with Crippen molar-refractivity contribution in [2.45, 2.75) is 31.7 Å². The van der Waals surface area contributed by atoms with Gasteiger partial charge in [-0.15, -0.1) is 0 Å². The Bertz CT molecular complexity index is 542. The SMILES string of the molecule is COC(=O)C1CCC(Nc2ccc([N+](=O)[O-])cc2Cl)CC1. The summed E-state index contributed by atoms with van der Waals surface area (Å²) in [7, 11) is 1.41. The predicted octanol–water partition coefficient (Wildman–Crippen LogP) is 3.39. The van der Waals surface area contributed by atoms with Crippen molar-refractivity contribution in [3.8, 4) is 0 Å². The maximum absolute atomic E-state index is 11.5. The number of nitrogens with zero attached hydrogens (tertiary/aromatic N) is 1. The van der Waals surface area contributed by atoms with Crippen molar-refractivity contribution < 1.29 is 14.5 Å². The zero-order chi connectivity index (χ0) is 15.4. The van der Waals surface area contributed by atoms with Gasteiger partial charge in [0.05, 0.1) is 28.7 Å². The van der Waals surface area contributed by atoms with Crippen LogP contribution < -0.4 is 5.32 Å². The van der Waals surface area contributed by atoms with E-state index in [0.29, 0.717) is 10.7 Å². The number of nitro groups is 1. The average Bonchev–Trinajstić information content (AvgIpc) is 2.49. The second-order valence-corrected chi connectivity index (χ2v) is 5.54. The molecule has 1 aromatic rings. The number of nitrogens with one attached hydrogen (secondary N) is 1. The quantitative estimate of drug-likeness (QED) is 0.523. The first-order chi connectivity index (χ1) is 10.0. The Morgan fingerprint density at radius 3 is 2.57 bits per heavy atom. The smallest absolute Gasteiger partial charge is 0.308 e. The highest BCUT2D eigenvalue weighted by atomic mass is 35.5. The molecule has 0 bridgehead atoms. The molecule has 1 N–H and O–H groups in total. The number of rotatable bonds is 4. The van der Waals surface area contributed by atoms with Crippen LogP contribution in [0.5, 0.6) is 0 Å². The Balaban J connectivity index is 1.95. The molecule has 6 nitrogen and oxygen atoms in total. The third-order valence-electron chi connectivity index (χ3n) is 3.78. The Hall–Kier alpha value is -1.82. The molecular weight excluding hydrogens is 296 g/mol. The Morgan fingerprint density at radius 2 is 2.05 bits per heavy atom. The van der Waals surface area contributed by atoms with Crippen LogP contribution in [-0.2, 0) is 9.53 Å². The minimum absolute atomic E-state index is 0.0274. The molecule has 0 aliphatic heterocycles. The summed E-state index contributed by atoms with van der Waals surface area (Å²) >= 11 is 6.05. The number of nitro benzene ring substituents is 1. The first-order valence-corrected chi connectivity index (χ1v) is 7.17. The van der Waals surface area contributed by atoms with Crippen LogP contribution in [0.1, 0.15) is 25.7 Å². The van der Waals surface area contributed by atoms with Gasteiger partial charge in [0, 0.05) is 18.2 Å². The van der Waals surface area contributed by atoms with Crippen LogP contribution in [0.15, 0.2) is 18.2 Å². The molecule has 0 saturated heterocycles. The molecule has 0 heterocycles. The number of non-ortho nitro benzene ring substituents is 1. The van der Waals surface area contributed by atoms with Crippen LogP contribution in [-0.4, -0.2) is 24.0 Å². The largest absolute Gasteiger partial charge is 0.469 e. The second kappa shape index (κ2) is 6.76. The summed E-state index contributed by atoms with van der Waals surface area (Å²) in [5, 5.41) is 14.3. The highest BCUT2D eigenvalue weighted by Gasteiger charge is 2.27. The van der Waals surface area contributed by atoms with E-state index < -0.39 is 4.92 Å². The summed E-state index contributed by atoms with van der Waals surface area (Å²) in [6.07, 6.45) is 3.23. The van der Waals surface area contributed by atoms with Gasteiger partial charge in [-0.05, 0) is 31.7 Å². The zero-order valence-electron chi connectivity index (χ0n) is 11.7. The zero-order valence-corrected chi connectivity index (χ0v) is 12.4. The lowest BCUT2D eigenvalue weighted by molar-refractivity contribution is -0.384. The third-order valence-corrected chi connectivity index (χ3v) is 4.10. The van der Waals surface area contributed by atoms with Gasteiger partial charge in [0.15, 0.2) is 0 Å². The molecule has 0 radical (unpaired) electrons. The molecule has 1 aliphatic rings. The molecule has 21 heavy (non-hydrogen) atoms. The van der Waals surface area contributed by atoms with Crippen molar-refractivity contribution in [2.75, 3.05) is 12.4 Å². The Kier molecular flexibility index (Phi) is 5.01. The molecule has 7 heteroatoms. The Labute approximate surface area is 127 Å². The standard InChI is InChI=1S/C14H17ClN2O4/c1-21-14(18)9-2-4-10(5-3-9)16-13-7-6-11(17(19)20)8-12(13)15/h6-10,16H,2-5H2,1H3. The first kappa shape index (κ1) is 15.6. The molecule has 0 spiro atoms. The first-order valence-electron chi connectivity index (χ1n) is 6.79. The van der Waals surface area contributed by atoms with E-state index in [-0.39, 0.29) is 23.6 Å². The molecule has 1 fully saturated rings. The minimum Gasteiger partial charge on any atom is -0.469 e. The van der Waals surface area contributed by atoms with E-state index in [0.717, 1.165) is 25.7 Å². The fraction of sp³-hybridized carbons (Fsp3) is 0.500. The average molecular weight is 313 g/mol. The van der Waals surface area contributed by atoms with Gasteiger partial charge in [-0.2, -0.15) is 0 Å². The van der Waals surface area contributed by atoms with Gasteiger partial charge >= 0.3 is 5.97 Å². The number of hydrogen-bond donors (Lipinski definition) is 1. The van der Waals surface area contributed by atoms with Gasteiger partial charge in [0.25, 0.3) is 5.69 Å². The molecular formula is C14H17ClN2O4. The number of benzene rings is 1. The molecule has 2 rings (SSSR count). The van der Waals surface area contributed by atoms with E-state index in [1.807, 2.05) is 0 Å². The van der Waals surface area contributed by atoms with Crippen molar-refractivity contribution in [3.05, 3.63) is 33.3 Å². The molecule has 1 aromatic carbocycles. The van der Waals surface area contributed by atoms with Gasteiger partial charge in [0.1, 0.15) is 0 Å². The fourth-order valence-electron chi connectivity index (χ4n) is 2.59. The fourth-order valence-corrected chi connectivity index (χ4v) is 2.82. The van der Waals surface area contributed by atoms with Crippen LogP contribution in [0.2, 0.25) is 5.02 Å². The number of carbonyl (C=O) groups is 1. The molecule has 0 amide bonds. The van der Waals surface area contributed by atoms with E-state index in [9.17, 15) is 14.9 Å². The number of esters is 1. The monoisotopic (exact) mass is 312 g/mol. The van der Waals surface area contributed by atoms with Crippen LogP contribution in [0.4, 0.5) is 11.4 Å². The topological polar surface area (TPSA) is 81.5 Å². The number of carbonyl (C=O) groups excluding carboxylic acids is 1. The molecule has 0 unspecified atom stereocenters. The summed E-state index contributed by atoms with van der Waals surface area (Å²) in [6.45, 7) is 0. The molecule has 0 aromatic heterocycles. The van der Waals surface area contributed by atoms with Crippen LogP contribution >= 0.6 is 11.6 Å². The summed E-state index contributed by atoms with van der Waals surface area (Å²) in [6, 6.07) is 4.59. The number of hydrogen-bond acceptors (Lipinski definition) is 5. The maximum Gasteiger partial charge on any atom is 0.308 e. The number of halogens is 1. The lowest BCUT2D eigenvalue weighted by Gasteiger charge is -2.28. The molecule has 1 aliphatic carbocycles. The van der Waals surface area contributed by atoms with Crippen molar-refractivity contribution in [1.29, 1.82) is 0 Å². The Morgan fingerprint density at radius 1 is 1.38 bits per heavy atom. The second-order valence-electron chi connectivity index (χ2n) is 5.14. The van der Waals surface area contributed by atoms with Crippen molar-refractivity contribution in [2.24, 2.45) is 5.92 Å². The van der Waals surface area contributed by atoms with E-state index in [1.54, 1.807) is 6.07 Å². The third kappa shape index (κ3) is 3.85. The van der Waals surface area contributed by atoms with Crippen molar-refractivity contribution in [3.63, 3.8) is 0 Å². The van der Waals surface area contributed by atoms with Crippen molar-refractivity contribution >= 4 is 28.9 Å². The van der Waals surface area contributed by atoms with Gasteiger partial charge in [-0.1, -0.05) is 11.6 Å². The van der Waals surface area contributed by atoms with Gasteiger partial charge < -0.3 is 10.1 Å². The summed E-state index contributed by atoms with van der Waals surface area (Å²) < 4.78 is 4.75. The van der Waals surface area contributed by atoms with E-state index >= 15 is 0 Å². The molecule has 1 saturated carbocycles. The molecule has 0 atom stereocenters. The summed E-state index contributed by atoms with van der Waals surface area (Å²) in [5.74, 6) is -0.179. The predicted molar refractivity (Wildman–Crippen MR) is 79.5 cm³/mol. The lowest BCUT2D eigenvalue weighted by atomic mass is 9.86. The van der Waals surface area contributed by atoms with Gasteiger partial charge in [-0.3, -0.25) is 14.9 Å². The highest BCUT2D eigenvalue weighted by molar-refractivity contribution is 6.33. The van der Waals surface area contributed by atoms with Crippen LogP contribution in [0.3, 0.4) is 0 Å². The van der Waals surface area contributed by atoms with E-state index in [4.69, 9.17) is 16.3 Å². The van der Waals surface area contributed by atoms with E-state index in [2.05, 4.69) is 5.32 Å². The minimum atomic E-state index is -0.475. The van der Waals surface area contributed by atoms with Crippen LogP contribution in [0.25, 0.3) is 0 Å². The summed E-state index contributed by atoms with van der Waals surface area (Å²) in [4.78, 5) is 21.7.